The SMILES string of the molecule is CCCCOc1ccc(CC(=O)OCC)cc1Cl. The summed E-state index contributed by atoms with van der Waals surface area (Å²) < 4.78 is 10.4. The first-order chi connectivity index (χ1) is 8.67. The molecule has 0 saturated heterocycles. The third-order valence-electron chi connectivity index (χ3n) is 2.41. The third kappa shape index (κ3) is 4.96. The molecule has 3 nitrogen and oxygen atoms in total. The van der Waals surface area contributed by atoms with E-state index in [1.54, 1.807) is 19.1 Å². The van der Waals surface area contributed by atoms with Gasteiger partial charge in [-0.2, -0.15) is 0 Å². The van der Waals surface area contributed by atoms with Gasteiger partial charge in [-0.25, -0.2) is 0 Å². The Balaban J connectivity index is 2.58. The number of ether oxygens (including phenoxy) is 2. The molecule has 0 atom stereocenters. The molecular formula is C14H19ClO3. The van der Waals surface area contributed by atoms with Crippen molar-refractivity contribution >= 4 is 17.6 Å². The fraction of sp³-hybridized carbons (Fsp3) is 0.500. The van der Waals surface area contributed by atoms with Crippen LogP contribution in [0.1, 0.15) is 32.3 Å². The van der Waals surface area contributed by atoms with Crippen LogP contribution in [0.5, 0.6) is 5.75 Å². The highest BCUT2D eigenvalue weighted by Gasteiger charge is 2.07. The van der Waals surface area contributed by atoms with E-state index >= 15 is 0 Å². The molecular weight excluding hydrogens is 252 g/mol. The largest absolute Gasteiger partial charge is 0.492 e. The average molecular weight is 271 g/mol. The van der Waals surface area contributed by atoms with Crippen LogP contribution in [0.15, 0.2) is 18.2 Å². The van der Waals surface area contributed by atoms with E-state index in [-0.39, 0.29) is 12.4 Å². The highest BCUT2D eigenvalue weighted by atomic mass is 35.5. The van der Waals surface area contributed by atoms with Gasteiger partial charge < -0.3 is 9.47 Å². The smallest absolute Gasteiger partial charge is 0.310 e. The fourth-order valence-electron chi connectivity index (χ4n) is 1.48. The van der Waals surface area contributed by atoms with Crippen LogP contribution in [0.2, 0.25) is 5.02 Å². The molecule has 0 radical (unpaired) electrons. The Kier molecular flexibility index (Phi) is 6.58. The molecule has 1 rings (SSSR count). The zero-order valence-electron chi connectivity index (χ0n) is 10.9. The van der Waals surface area contributed by atoms with Crippen molar-refractivity contribution in [2.24, 2.45) is 0 Å². The quantitative estimate of drug-likeness (QED) is 0.561. The van der Waals surface area contributed by atoms with E-state index < -0.39 is 0 Å². The predicted octanol–water partition coefficient (Wildman–Crippen LogP) is 3.62. The van der Waals surface area contributed by atoms with Gasteiger partial charge in [0, 0.05) is 0 Å². The van der Waals surface area contributed by atoms with Crippen molar-refractivity contribution in [2.45, 2.75) is 33.1 Å². The summed E-state index contributed by atoms with van der Waals surface area (Å²) in [6.07, 6.45) is 2.32. The van der Waals surface area contributed by atoms with E-state index in [0.717, 1.165) is 18.4 Å². The molecule has 0 spiro atoms. The Bertz CT molecular complexity index is 391. The second kappa shape index (κ2) is 7.98. The summed E-state index contributed by atoms with van der Waals surface area (Å²) in [7, 11) is 0. The third-order valence-corrected chi connectivity index (χ3v) is 2.70. The number of carbonyl (C=O) groups excluding carboxylic acids is 1. The number of esters is 1. The molecule has 0 N–H and O–H groups in total. The van der Waals surface area contributed by atoms with E-state index in [1.807, 2.05) is 6.07 Å². The molecule has 0 heterocycles. The second-order valence-electron chi connectivity index (χ2n) is 3.95. The highest BCUT2D eigenvalue weighted by molar-refractivity contribution is 6.32. The van der Waals surface area contributed by atoms with Gasteiger partial charge in [0.2, 0.25) is 0 Å². The summed E-state index contributed by atoms with van der Waals surface area (Å²) in [5.74, 6) is 0.422. The minimum Gasteiger partial charge on any atom is -0.492 e. The molecule has 4 heteroatoms. The lowest BCUT2D eigenvalue weighted by Crippen LogP contribution is -2.07. The predicted molar refractivity (Wildman–Crippen MR) is 72.2 cm³/mol. The molecule has 1 aromatic carbocycles. The number of hydrogen-bond acceptors (Lipinski definition) is 3. The average Bonchev–Trinajstić information content (AvgIpc) is 2.32. The molecule has 18 heavy (non-hydrogen) atoms. The van der Waals surface area contributed by atoms with Crippen LogP contribution in [0.25, 0.3) is 0 Å². The number of unbranched alkanes of at least 4 members (excludes halogenated alkanes) is 1. The van der Waals surface area contributed by atoms with Gasteiger partial charge in [0.25, 0.3) is 0 Å². The van der Waals surface area contributed by atoms with Crippen molar-refractivity contribution in [1.29, 1.82) is 0 Å². The number of rotatable bonds is 7. The summed E-state index contributed by atoms with van der Waals surface area (Å²) >= 11 is 6.09. The summed E-state index contributed by atoms with van der Waals surface area (Å²) in [6, 6.07) is 5.39. The number of benzene rings is 1. The first-order valence-electron chi connectivity index (χ1n) is 6.24. The molecule has 0 unspecified atom stereocenters. The number of halogens is 1. The normalized spacial score (nSPS) is 10.2. The van der Waals surface area contributed by atoms with E-state index in [1.165, 1.54) is 0 Å². The lowest BCUT2D eigenvalue weighted by atomic mass is 10.1. The Morgan fingerprint density at radius 3 is 2.72 bits per heavy atom. The molecule has 0 aliphatic rings. The zero-order valence-corrected chi connectivity index (χ0v) is 11.6. The van der Waals surface area contributed by atoms with Gasteiger partial charge in [0.1, 0.15) is 5.75 Å². The monoisotopic (exact) mass is 270 g/mol. The van der Waals surface area contributed by atoms with Gasteiger partial charge in [-0.05, 0) is 31.0 Å². The zero-order chi connectivity index (χ0) is 13.4. The Hall–Kier alpha value is -1.22. The lowest BCUT2D eigenvalue weighted by molar-refractivity contribution is -0.142. The van der Waals surface area contributed by atoms with Crippen molar-refractivity contribution < 1.29 is 14.3 Å². The Morgan fingerprint density at radius 2 is 2.11 bits per heavy atom. The highest BCUT2D eigenvalue weighted by Crippen LogP contribution is 2.26. The van der Waals surface area contributed by atoms with Crippen LogP contribution in [0.3, 0.4) is 0 Å². The van der Waals surface area contributed by atoms with Crippen molar-refractivity contribution in [1.82, 2.24) is 0 Å². The van der Waals surface area contributed by atoms with Crippen LogP contribution in [0.4, 0.5) is 0 Å². The van der Waals surface area contributed by atoms with Gasteiger partial charge in [-0.15, -0.1) is 0 Å². The van der Waals surface area contributed by atoms with Crippen LogP contribution < -0.4 is 4.74 Å². The molecule has 0 bridgehead atoms. The molecule has 0 aliphatic heterocycles. The van der Waals surface area contributed by atoms with E-state index in [0.29, 0.717) is 24.0 Å². The molecule has 1 aromatic rings. The summed E-state index contributed by atoms with van der Waals surface area (Å²) in [5.41, 5.74) is 0.835. The molecule has 0 aliphatic carbocycles. The molecule has 0 fully saturated rings. The number of hydrogen-bond donors (Lipinski definition) is 0. The van der Waals surface area contributed by atoms with E-state index in [9.17, 15) is 4.79 Å². The van der Waals surface area contributed by atoms with Crippen LogP contribution in [-0.4, -0.2) is 19.2 Å². The van der Waals surface area contributed by atoms with Crippen LogP contribution in [0, 0.1) is 0 Å². The van der Waals surface area contributed by atoms with Gasteiger partial charge in [-0.3, -0.25) is 4.79 Å². The maximum absolute atomic E-state index is 11.3. The summed E-state index contributed by atoms with van der Waals surface area (Å²) in [5, 5.41) is 0.535. The minimum absolute atomic E-state index is 0.239. The maximum atomic E-state index is 11.3. The molecule has 100 valence electrons. The summed E-state index contributed by atoms with van der Waals surface area (Å²) in [6.45, 7) is 4.95. The van der Waals surface area contributed by atoms with Crippen molar-refractivity contribution in [3.05, 3.63) is 28.8 Å². The first kappa shape index (κ1) is 14.8. The Labute approximate surface area is 113 Å². The van der Waals surface area contributed by atoms with E-state index in [4.69, 9.17) is 21.1 Å². The van der Waals surface area contributed by atoms with Gasteiger partial charge in [-0.1, -0.05) is 31.0 Å². The van der Waals surface area contributed by atoms with Crippen LogP contribution >= 0.6 is 11.6 Å². The maximum Gasteiger partial charge on any atom is 0.310 e. The molecule has 0 amide bonds. The molecule has 0 saturated carbocycles. The second-order valence-corrected chi connectivity index (χ2v) is 4.36. The Morgan fingerprint density at radius 1 is 1.33 bits per heavy atom. The topological polar surface area (TPSA) is 35.5 Å². The van der Waals surface area contributed by atoms with Crippen molar-refractivity contribution in [3.63, 3.8) is 0 Å². The lowest BCUT2D eigenvalue weighted by Gasteiger charge is -2.09. The minimum atomic E-state index is -0.242. The molecule has 0 aromatic heterocycles. The van der Waals surface area contributed by atoms with Gasteiger partial charge >= 0.3 is 5.97 Å². The van der Waals surface area contributed by atoms with Crippen molar-refractivity contribution in [3.8, 4) is 5.75 Å². The summed E-state index contributed by atoms with van der Waals surface area (Å²) in [4.78, 5) is 11.3. The first-order valence-corrected chi connectivity index (χ1v) is 6.62. The number of carbonyl (C=O) groups is 1. The fourth-order valence-corrected chi connectivity index (χ4v) is 1.73. The van der Waals surface area contributed by atoms with Crippen LogP contribution in [-0.2, 0) is 16.0 Å². The van der Waals surface area contributed by atoms with Gasteiger partial charge in [0.05, 0.1) is 24.7 Å². The van der Waals surface area contributed by atoms with E-state index in [2.05, 4.69) is 6.92 Å². The van der Waals surface area contributed by atoms with Crippen molar-refractivity contribution in [2.75, 3.05) is 13.2 Å². The van der Waals surface area contributed by atoms with Gasteiger partial charge in [0.15, 0.2) is 0 Å². The standard InChI is InChI=1S/C14H19ClO3/c1-3-5-8-18-13-7-6-11(9-12(13)15)10-14(16)17-4-2/h6-7,9H,3-5,8,10H2,1-2H3.